The van der Waals surface area contributed by atoms with Gasteiger partial charge in [-0.2, -0.15) is 10.2 Å². The summed E-state index contributed by atoms with van der Waals surface area (Å²) in [6, 6.07) is 1.59. The summed E-state index contributed by atoms with van der Waals surface area (Å²) in [7, 11) is 0. The number of nitrogens with zero attached hydrogens (tertiary/aromatic N) is 6. The molecule has 0 bridgehead atoms. The SMILES string of the molecule is CCc1nnc(C)cc1-c1nnnn1C(CC)CC(=O)O. The number of rotatable bonds is 6. The first-order valence-electron chi connectivity index (χ1n) is 6.90. The van der Waals surface area contributed by atoms with Gasteiger partial charge in [-0.15, -0.1) is 5.10 Å². The zero-order valence-electron chi connectivity index (χ0n) is 12.3. The quantitative estimate of drug-likeness (QED) is 0.857. The summed E-state index contributed by atoms with van der Waals surface area (Å²) in [5, 5.41) is 28.9. The predicted octanol–water partition coefficient (Wildman–Crippen LogP) is 1.43. The van der Waals surface area contributed by atoms with Crippen molar-refractivity contribution in [1.82, 2.24) is 30.4 Å². The molecule has 112 valence electrons. The normalized spacial score (nSPS) is 12.3. The zero-order chi connectivity index (χ0) is 15.4. The molecular formula is C13H18N6O2. The molecule has 1 atom stereocenters. The van der Waals surface area contributed by atoms with Crippen molar-refractivity contribution >= 4 is 5.97 Å². The van der Waals surface area contributed by atoms with Gasteiger partial charge in [-0.05, 0) is 36.3 Å². The van der Waals surface area contributed by atoms with E-state index in [-0.39, 0.29) is 12.5 Å². The van der Waals surface area contributed by atoms with Crippen LogP contribution in [0.15, 0.2) is 6.07 Å². The van der Waals surface area contributed by atoms with Crippen LogP contribution in [0.5, 0.6) is 0 Å². The van der Waals surface area contributed by atoms with Crippen LogP contribution >= 0.6 is 0 Å². The highest BCUT2D eigenvalue weighted by molar-refractivity contribution is 5.67. The molecule has 0 saturated carbocycles. The van der Waals surface area contributed by atoms with Gasteiger partial charge in [-0.1, -0.05) is 13.8 Å². The molecule has 0 aliphatic rings. The molecule has 0 fully saturated rings. The van der Waals surface area contributed by atoms with Crippen LogP contribution in [0.4, 0.5) is 0 Å². The van der Waals surface area contributed by atoms with Crippen molar-refractivity contribution in [3.8, 4) is 11.4 Å². The Kier molecular flexibility index (Phi) is 4.56. The highest BCUT2D eigenvalue weighted by Crippen LogP contribution is 2.25. The van der Waals surface area contributed by atoms with Crippen LogP contribution in [-0.2, 0) is 11.2 Å². The van der Waals surface area contributed by atoms with E-state index in [1.54, 1.807) is 4.68 Å². The summed E-state index contributed by atoms with van der Waals surface area (Å²) in [5.41, 5.74) is 2.36. The third-order valence-corrected chi connectivity index (χ3v) is 3.29. The molecule has 2 aromatic rings. The molecule has 2 aromatic heterocycles. The summed E-state index contributed by atoms with van der Waals surface area (Å²) >= 11 is 0. The monoisotopic (exact) mass is 290 g/mol. The second-order valence-corrected chi connectivity index (χ2v) is 4.81. The summed E-state index contributed by atoms with van der Waals surface area (Å²) in [6.07, 6.45) is 1.31. The van der Waals surface area contributed by atoms with Crippen LogP contribution in [0.1, 0.15) is 44.1 Å². The van der Waals surface area contributed by atoms with Crippen molar-refractivity contribution in [2.45, 2.75) is 46.1 Å². The lowest BCUT2D eigenvalue weighted by Gasteiger charge is -2.15. The van der Waals surface area contributed by atoms with Gasteiger partial charge in [0, 0.05) is 5.56 Å². The molecule has 0 amide bonds. The maximum atomic E-state index is 11.0. The second-order valence-electron chi connectivity index (χ2n) is 4.81. The topological polar surface area (TPSA) is 107 Å². The second kappa shape index (κ2) is 6.38. The van der Waals surface area contributed by atoms with Crippen LogP contribution in [0.2, 0.25) is 0 Å². The van der Waals surface area contributed by atoms with Gasteiger partial charge in [0.15, 0.2) is 5.82 Å². The Morgan fingerprint density at radius 2 is 2.10 bits per heavy atom. The van der Waals surface area contributed by atoms with Crippen LogP contribution in [0, 0.1) is 6.92 Å². The molecule has 1 N–H and O–H groups in total. The Bertz CT molecular complexity index is 639. The minimum Gasteiger partial charge on any atom is -0.481 e. The van der Waals surface area contributed by atoms with Crippen LogP contribution < -0.4 is 0 Å². The number of hydrogen-bond donors (Lipinski definition) is 1. The van der Waals surface area contributed by atoms with Crippen molar-refractivity contribution in [1.29, 1.82) is 0 Å². The number of tetrazole rings is 1. The minimum atomic E-state index is -0.872. The highest BCUT2D eigenvalue weighted by atomic mass is 16.4. The first-order chi connectivity index (χ1) is 10.1. The van der Waals surface area contributed by atoms with Gasteiger partial charge in [0.1, 0.15) is 0 Å². The smallest absolute Gasteiger partial charge is 0.305 e. The van der Waals surface area contributed by atoms with Crippen LogP contribution in [0.25, 0.3) is 11.4 Å². The Labute approximate surface area is 122 Å². The largest absolute Gasteiger partial charge is 0.481 e. The van der Waals surface area contributed by atoms with Gasteiger partial charge < -0.3 is 5.11 Å². The Morgan fingerprint density at radius 1 is 1.33 bits per heavy atom. The number of carboxylic acid groups (broad SMARTS) is 1. The van der Waals surface area contributed by atoms with E-state index in [1.165, 1.54) is 0 Å². The van der Waals surface area contributed by atoms with E-state index in [1.807, 2.05) is 26.8 Å². The number of carboxylic acids is 1. The fourth-order valence-corrected chi connectivity index (χ4v) is 2.19. The van der Waals surface area contributed by atoms with Gasteiger partial charge in [-0.3, -0.25) is 4.79 Å². The van der Waals surface area contributed by atoms with Crippen LogP contribution in [0.3, 0.4) is 0 Å². The molecule has 0 spiro atoms. The molecule has 8 nitrogen and oxygen atoms in total. The summed E-state index contributed by atoms with van der Waals surface area (Å²) < 4.78 is 1.57. The Morgan fingerprint density at radius 3 is 2.71 bits per heavy atom. The Hall–Kier alpha value is -2.38. The maximum Gasteiger partial charge on any atom is 0.305 e. The third-order valence-electron chi connectivity index (χ3n) is 3.29. The highest BCUT2D eigenvalue weighted by Gasteiger charge is 2.21. The van der Waals surface area contributed by atoms with Crippen molar-refractivity contribution in [2.24, 2.45) is 0 Å². The summed E-state index contributed by atoms with van der Waals surface area (Å²) in [5.74, 6) is -0.332. The average Bonchev–Trinajstić information content (AvgIpc) is 2.93. The molecule has 0 aliphatic carbocycles. The number of hydrogen-bond acceptors (Lipinski definition) is 6. The lowest BCUT2D eigenvalue weighted by atomic mass is 10.1. The zero-order valence-corrected chi connectivity index (χ0v) is 12.3. The van der Waals surface area contributed by atoms with E-state index < -0.39 is 5.97 Å². The van der Waals surface area contributed by atoms with Crippen molar-refractivity contribution in [2.75, 3.05) is 0 Å². The molecule has 0 saturated heterocycles. The van der Waals surface area contributed by atoms with E-state index in [9.17, 15) is 4.79 Å². The fraction of sp³-hybridized carbons (Fsp3) is 0.538. The first kappa shape index (κ1) is 15.0. The van der Waals surface area contributed by atoms with Crippen molar-refractivity contribution in [3.05, 3.63) is 17.5 Å². The van der Waals surface area contributed by atoms with E-state index in [0.29, 0.717) is 18.7 Å². The molecule has 0 radical (unpaired) electrons. The standard InChI is InChI=1S/C13H18N6O2/c1-4-9(7-12(20)21)19-13(16-17-18-19)10-6-8(3)14-15-11(10)5-2/h6,9H,4-5,7H2,1-3H3,(H,20,21). The molecule has 21 heavy (non-hydrogen) atoms. The van der Waals surface area contributed by atoms with Crippen LogP contribution in [-0.4, -0.2) is 41.5 Å². The first-order valence-corrected chi connectivity index (χ1v) is 6.90. The molecule has 0 aromatic carbocycles. The van der Waals surface area contributed by atoms with Crippen molar-refractivity contribution < 1.29 is 9.90 Å². The van der Waals surface area contributed by atoms with E-state index in [0.717, 1.165) is 17.0 Å². The number of aromatic nitrogens is 6. The number of carbonyl (C=O) groups is 1. The number of aryl methyl sites for hydroxylation is 2. The fourth-order valence-electron chi connectivity index (χ4n) is 2.19. The maximum absolute atomic E-state index is 11.0. The van der Waals surface area contributed by atoms with Gasteiger partial charge in [0.2, 0.25) is 0 Å². The van der Waals surface area contributed by atoms with E-state index in [4.69, 9.17) is 5.11 Å². The lowest BCUT2D eigenvalue weighted by Crippen LogP contribution is -2.16. The number of aliphatic carboxylic acids is 1. The minimum absolute atomic E-state index is 0.0203. The summed E-state index contributed by atoms with van der Waals surface area (Å²) in [6.45, 7) is 5.74. The summed E-state index contributed by atoms with van der Waals surface area (Å²) in [4.78, 5) is 11.0. The van der Waals surface area contributed by atoms with Gasteiger partial charge >= 0.3 is 5.97 Å². The molecule has 2 heterocycles. The lowest BCUT2D eigenvalue weighted by molar-refractivity contribution is -0.138. The molecule has 8 heteroatoms. The van der Waals surface area contributed by atoms with E-state index >= 15 is 0 Å². The Balaban J connectivity index is 2.49. The van der Waals surface area contributed by atoms with E-state index in [2.05, 4.69) is 25.7 Å². The third kappa shape index (κ3) is 3.21. The van der Waals surface area contributed by atoms with Gasteiger partial charge in [0.05, 0.1) is 23.9 Å². The molecule has 0 aliphatic heterocycles. The van der Waals surface area contributed by atoms with Gasteiger partial charge in [0.25, 0.3) is 0 Å². The van der Waals surface area contributed by atoms with Crippen molar-refractivity contribution in [3.63, 3.8) is 0 Å². The van der Waals surface area contributed by atoms with Gasteiger partial charge in [-0.25, -0.2) is 4.68 Å². The predicted molar refractivity (Wildman–Crippen MR) is 74.5 cm³/mol. The molecular weight excluding hydrogens is 272 g/mol. The average molecular weight is 290 g/mol. The molecule has 1 unspecified atom stereocenters. The molecule has 2 rings (SSSR count).